The third kappa shape index (κ3) is 3.16. The molecular weight excluding hydrogens is 418 g/mol. The molecule has 1 aliphatic rings. The van der Waals surface area contributed by atoms with Gasteiger partial charge in [-0.3, -0.25) is 15.0 Å². The van der Waals surface area contributed by atoms with Crippen LogP contribution in [0.3, 0.4) is 0 Å². The molecule has 0 saturated carbocycles. The monoisotopic (exact) mass is 435 g/mol. The Morgan fingerprint density at radius 2 is 1.61 bits per heavy atom. The van der Waals surface area contributed by atoms with Gasteiger partial charge in [0, 0.05) is 29.6 Å². The van der Waals surface area contributed by atoms with Crippen LogP contribution in [0.4, 0.5) is 11.4 Å². The van der Waals surface area contributed by atoms with Crippen LogP contribution in [0.2, 0.25) is 0 Å². The summed E-state index contributed by atoms with van der Waals surface area (Å²) in [4.78, 5) is 27.5. The van der Waals surface area contributed by atoms with Crippen LogP contribution in [0.1, 0.15) is 5.56 Å². The number of hydrogen-bond acceptors (Lipinski definition) is 3. The SMILES string of the molecule is CN(C)c1ccc(/C=C2/C(=O)NN(c3ccc(Br)c4ccccc34)C2=O)cc1. The number of nitrogens with one attached hydrogen (secondary N) is 1. The maximum absolute atomic E-state index is 13.0. The third-order valence-corrected chi connectivity index (χ3v) is 5.39. The first-order valence-corrected chi connectivity index (χ1v) is 9.57. The van der Waals surface area contributed by atoms with Crippen molar-refractivity contribution in [3.8, 4) is 0 Å². The van der Waals surface area contributed by atoms with Crippen molar-refractivity contribution in [3.63, 3.8) is 0 Å². The van der Waals surface area contributed by atoms with Crippen LogP contribution >= 0.6 is 15.9 Å². The van der Waals surface area contributed by atoms with Crippen molar-refractivity contribution in [2.75, 3.05) is 24.0 Å². The molecule has 0 bridgehead atoms. The Balaban J connectivity index is 1.71. The van der Waals surface area contributed by atoms with Crippen molar-refractivity contribution in [2.45, 2.75) is 0 Å². The molecule has 0 spiro atoms. The van der Waals surface area contributed by atoms with Crippen LogP contribution in [-0.4, -0.2) is 25.9 Å². The number of hydrogen-bond donors (Lipinski definition) is 1. The molecule has 3 aromatic carbocycles. The number of anilines is 2. The molecule has 3 aromatic rings. The lowest BCUT2D eigenvalue weighted by molar-refractivity contribution is -0.117. The highest BCUT2D eigenvalue weighted by atomic mass is 79.9. The Morgan fingerprint density at radius 1 is 0.929 bits per heavy atom. The molecule has 5 nitrogen and oxygen atoms in total. The summed E-state index contributed by atoms with van der Waals surface area (Å²) in [5, 5.41) is 3.16. The first-order valence-electron chi connectivity index (χ1n) is 8.77. The molecule has 1 fully saturated rings. The normalized spacial score (nSPS) is 15.4. The fourth-order valence-electron chi connectivity index (χ4n) is 3.20. The Morgan fingerprint density at radius 3 is 2.29 bits per heavy atom. The minimum absolute atomic E-state index is 0.115. The van der Waals surface area contributed by atoms with Gasteiger partial charge in [-0.25, -0.2) is 5.01 Å². The summed E-state index contributed by atoms with van der Waals surface area (Å²) in [5.74, 6) is -0.775. The van der Waals surface area contributed by atoms with Gasteiger partial charge in [0.1, 0.15) is 5.57 Å². The van der Waals surface area contributed by atoms with E-state index in [-0.39, 0.29) is 11.5 Å². The van der Waals surface area contributed by atoms with Gasteiger partial charge in [0.15, 0.2) is 0 Å². The van der Waals surface area contributed by atoms with E-state index in [0.717, 1.165) is 26.5 Å². The lowest BCUT2D eigenvalue weighted by Gasteiger charge is -2.17. The molecule has 4 rings (SSSR count). The topological polar surface area (TPSA) is 52.7 Å². The second-order valence-electron chi connectivity index (χ2n) is 6.74. The van der Waals surface area contributed by atoms with Crippen molar-refractivity contribution in [1.82, 2.24) is 5.43 Å². The molecule has 0 aliphatic carbocycles. The molecule has 0 unspecified atom stereocenters. The van der Waals surface area contributed by atoms with Gasteiger partial charge in [-0.1, -0.05) is 52.3 Å². The summed E-state index contributed by atoms with van der Waals surface area (Å²) in [6.07, 6.45) is 1.62. The van der Waals surface area contributed by atoms with Crippen LogP contribution in [0.15, 0.2) is 70.7 Å². The number of hydrazine groups is 1. The van der Waals surface area contributed by atoms with Crippen molar-refractivity contribution >= 4 is 56.0 Å². The van der Waals surface area contributed by atoms with E-state index in [9.17, 15) is 9.59 Å². The van der Waals surface area contributed by atoms with E-state index >= 15 is 0 Å². The number of carbonyl (C=O) groups is 2. The molecule has 0 atom stereocenters. The standard InChI is InChI=1S/C22H18BrN3O2/c1-25(2)15-9-7-14(8-10-15)13-18-21(27)24-26(22(18)28)20-12-11-19(23)16-5-3-4-6-17(16)20/h3-13H,1-2H3,(H,24,27)/b18-13-. The molecule has 1 heterocycles. The number of nitrogens with zero attached hydrogens (tertiary/aromatic N) is 2. The van der Waals surface area contributed by atoms with Gasteiger partial charge in [0.2, 0.25) is 0 Å². The summed E-state index contributed by atoms with van der Waals surface area (Å²) in [6.45, 7) is 0. The number of fused-ring (bicyclic) bond motifs is 1. The zero-order valence-electron chi connectivity index (χ0n) is 15.4. The van der Waals surface area contributed by atoms with Gasteiger partial charge >= 0.3 is 0 Å². The quantitative estimate of drug-likeness (QED) is 0.496. The number of amides is 2. The van der Waals surface area contributed by atoms with Gasteiger partial charge < -0.3 is 4.90 Å². The minimum atomic E-state index is -0.409. The lowest BCUT2D eigenvalue weighted by atomic mass is 10.1. The van der Waals surface area contributed by atoms with Crippen molar-refractivity contribution in [3.05, 3.63) is 76.3 Å². The van der Waals surface area contributed by atoms with Crippen LogP contribution in [0.25, 0.3) is 16.8 Å². The molecule has 1 aliphatic heterocycles. The summed E-state index contributed by atoms with van der Waals surface area (Å²) in [7, 11) is 3.92. The Kier molecular flexibility index (Phi) is 4.65. The average molecular weight is 436 g/mol. The van der Waals surface area contributed by atoms with Crippen molar-refractivity contribution in [2.24, 2.45) is 0 Å². The van der Waals surface area contributed by atoms with E-state index in [4.69, 9.17) is 0 Å². The van der Waals surface area contributed by atoms with E-state index < -0.39 is 5.91 Å². The predicted octanol–water partition coefficient (Wildman–Crippen LogP) is 4.13. The molecular formula is C22H18BrN3O2. The smallest absolute Gasteiger partial charge is 0.282 e. The first-order chi connectivity index (χ1) is 13.5. The number of carbonyl (C=O) groups excluding carboxylic acids is 2. The highest BCUT2D eigenvalue weighted by molar-refractivity contribution is 9.10. The highest BCUT2D eigenvalue weighted by Crippen LogP contribution is 2.33. The zero-order chi connectivity index (χ0) is 19.8. The Hall–Kier alpha value is -3.12. The largest absolute Gasteiger partial charge is 0.378 e. The first kappa shape index (κ1) is 18.3. The van der Waals surface area contributed by atoms with Crippen LogP contribution in [0, 0.1) is 0 Å². The second-order valence-corrected chi connectivity index (χ2v) is 7.59. The molecule has 6 heteroatoms. The maximum atomic E-state index is 13.0. The molecule has 28 heavy (non-hydrogen) atoms. The maximum Gasteiger partial charge on any atom is 0.282 e. The molecule has 140 valence electrons. The summed E-state index contributed by atoms with van der Waals surface area (Å²) in [5.41, 5.74) is 5.29. The van der Waals surface area contributed by atoms with E-state index in [1.54, 1.807) is 6.08 Å². The predicted molar refractivity (Wildman–Crippen MR) is 116 cm³/mol. The van der Waals surface area contributed by atoms with Crippen molar-refractivity contribution < 1.29 is 9.59 Å². The summed E-state index contributed by atoms with van der Waals surface area (Å²) < 4.78 is 0.932. The number of benzene rings is 3. The van der Waals surface area contributed by atoms with Crippen LogP contribution < -0.4 is 15.3 Å². The Bertz CT molecular complexity index is 1120. The van der Waals surface area contributed by atoms with Gasteiger partial charge in [-0.15, -0.1) is 0 Å². The van der Waals surface area contributed by atoms with Crippen LogP contribution in [-0.2, 0) is 9.59 Å². The molecule has 2 amide bonds. The van der Waals surface area contributed by atoms with Gasteiger partial charge in [0.05, 0.1) is 5.69 Å². The lowest BCUT2D eigenvalue weighted by Crippen LogP contribution is -2.35. The van der Waals surface area contributed by atoms with E-state index in [0.29, 0.717) is 5.69 Å². The molecule has 0 aromatic heterocycles. The third-order valence-electron chi connectivity index (χ3n) is 4.70. The summed E-state index contributed by atoms with van der Waals surface area (Å²) in [6, 6.07) is 19.1. The number of rotatable bonds is 3. The Labute approximate surface area is 171 Å². The molecule has 1 N–H and O–H groups in total. The highest BCUT2D eigenvalue weighted by Gasteiger charge is 2.35. The van der Waals surface area contributed by atoms with Crippen LogP contribution in [0.5, 0.6) is 0 Å². The fraction of sp³-hybridized carbons (Fsp3) is 0.0909. The number of halogens is 1. The second kappa shape index (κ2) is 7.13. The minimum Gasteiger partial charge on any atom is -0.378 e. The van der Waals surface area contributed by atoms with E-state index in [1.807, 2.05) is 79.7 Å². The van der Waals surface area contributed by atoms with E-state index in [1.165, 1.54) is 5.01 Å². The molecule has 0 radical (unpaired) electrons. The van der Waals surface area contributed by atoms with Gasteiger partial charge in [-0.05, 0) is 41.3 Å². The van der Waals surface area contributed by atoms with Gasteiger partial charge in [-0.2, -0.15) is 0 Å². The van der Waals surface area contributed by atoms with E-state index in [2.05, 4.69) is 21.4 Å². The fourth-order valence-corrected chi connectivity index (χ4v) is 3.68. The zero-order valence-corrected chi connectivity index (χ0v) is 17.0. The molecule has 1 saturated heterocycles. The average Bonchev–Trinajstić information content (AvgIpc) is 2.97. The summed E-state index contributed by atoms with van der Waals surface area (Å²) >= 11 is 3.53. The van der Waals surface area contributed by atoms with Gasteiger partial charge in [0.25, 0.3) is 11.8 Å². The van der Waals surface area contributed by atoms with Crippen molar-refractivity contribution in [1.29, 1.82) is 0 Å².